The molecule has 2 aromatic rings. The monoisotopic (exact) mass is 300 g/mol. The molecule has 0 fully saturated rings. The van der Waals surface area contributed by atoms with Crippen LogP contribution in [0, 0.1) is 6.92 Å². The van der Waals surface area contributed by atoms with E-state index in [0.717, 1.165) is 6.07 Å². The highest BCUT2D eigenvalue weighted by Gasteiger charge is 2.34. The van der Waals surface area contributed by atoms with Crippen molar-refractivity contribution in [3.63, 3.8) is 0 Å². The molecule has 0 aromatic carbocycles. The van der Waals surface area contributed by atoms with Crippen molar-refractivity contribution < 1.29 is 13.2 Å². The maximum Gasteiger partial charge on any atom is 0.433 e. The lowest BCUT2D eigenvalue weighted by molar-refractivity contribution is -0.141. The number of aromatic nitrogens is 4. The number of alkyl halides is 3. The molecule has 0 atom stereocenters. The zero-order valence-corrected chi connectivity index (χ0v) is 11.6. The normalized spacial score (nSPS) is 11.7. The highest BCUT2D eigenvalue weighted by molar-refractivity contribution is 5.62. The molecule has 0 saturated carbocycles. The molecule has 2 heterocycles. The van der Waals surface area contributed by atoms with E-state index in [1.807, 2.05) is 0 Å². The van der Waals surface area contributed by atoms with Gasteiger partial charge in [-0.1, -0.05) is 0 Å². The Kier molecular flexibility index (Phi) is 4.12. The number of nitrogens with one attached hydrogen (secondary N) is 1. The van der Waals surface area contributed by atoms with Gasteiger partial charge >= 0.3 is 6.18 Å². The molecule has 6 nitrogen and oxygen atoms in total. The standard InChI is InChI=1S/C12H15F3N6/c1-7-8(6-21(2)20-7)9-5-10(12(13,14)15)19-11(18-9)17-4-3-16/h5-6H,3-4,16H2,1-2H3,(H,17,18,19). The van der Waals surface area contributed by atoms with Gasteiger partial charge in [-0.15, -0.1) is 0 Å². The van der Waals surface area contributed by atoms with E-state index < -0.39 is 11.9 Å². The fourth-order valence-corrected chi connectivity index (χ4v) is 1.84. The largest absolute Gasteiger partial charge is 0.433 e. The topological polar surface area (TPSA) is 81.7 Å². The van der Waals surface area contributed by atoms with Crippen molar-refractivity contribution in [2.45, 2.75) is 13.1 Å². The molecule has 0 radical (unpaired) electrons. The van der Waals surface area contributed by atoms with E-state index in [4.69, 9.17) is 5.73 Å². The van der Waals surface area contributed by atoms with E-state index in [2.05, 4.69) is 20.4 Å². The van der Waals surface area contributed by atoms with Crippen LogP contribution in [-0.4, -0.2) is 32.8 Å². The lowest BCUT2D eigenvalue weighted by atomic mass is 10.1. The van der Waals surface area contributed by atoms with Crippen molar-refractivity contribution in [2.24, 2.45) is 12.8 Å². The number of anilines is 1. The molecule has 114 valence electrons. The average molecular weight is 300 g/mol. The summed E-state index contributed by atoms with van der Waals surface area (Å²) in [6.07, 6.45) is -2.93. The van der Waals surface area contributed by atoms with Gasteiger partial charge in [-0.3, -0.25) is 4.68 Å². The molecule has 0 spiro atoms. The zero-order chi connectivity index (χ0) is 15.6. The maximum atomic E-state index is 12.9. The fourth-order valence-electron chi connectivity index (χ4n) is 1.84. The first kappa shape index (κ1) is 15.2. The second-order valence-corrected chi connectivity index (χ2v) is 4.48. The van der Waals surface area contributed by atoms with E-state index in [1.165, 1.54) is 4.68 Å². The highest BCUT2D eigenvalue weighted by atomic mass is 19.4. The number of aryl methyl sites for hydroxylation is 2. The van der Waals surface area contributed by atoms with E-state index in [0.29, 0.717) is 11.3 Å². The average Bonchev–Trinajstić information content (AvgIpc) is 2.74. The van der Waals surface area contributed by atoms with Crippen molar-refractivity contribution in [2.75, 3.05) is 18.4 Å². The molecule has 0 amide bonds. The number of nitrogens with two attached hydrogens (primary N) is 1. The first-order chi connectivity index (χ1) is 9.81. The third-order valence-electron chi connectivity index (χ3n) is 2.73. The smallest absolute Gasteiger partial charge is 0.353 e. The van der Waals surface area contributed by atoms with E-state index in [9.17, 15) is 13.2 Å². The Morgan fingerprint density at radius 3 is 2.57 bits per heavy atom. The molecule has 0 aliphatic rings. The van der Waals surface area contributed by atoms with Crippen LogP contribution in [0.3, 0.4) is 0 Å². The number of rotatable bonds is 4. The molecule has 0 bridgehead atoms. The summed E-state index contributed by atoms with van der Waals surface area (Å²) in [7, 11) is 1.69. The molecule has 0 unspecified atom stereocenters. The summed E-state index contributed by atoms with van der Waals surface area (Å²) in [5, 5.41) is 6.77. The van der Waals surface area contributed by atoms with E-state index >= 15 is 0 Å². The van der Waals surface area contributed by atoms with E-state index in [-0.39, 0.29) is 24.7 Å². The van der Waals surface area contributed by atoms with Gasteiger partial charge in [0.1, 0.15) is 0 Å². The van der Waals surface area contributed by atoms with E-state index in [1.54, 1.807) is 20.2 Å². The van der Waals surface area contributed by atoms with Crippen LogP contribution >= 0.6 is 0 Å². The Morgan fingerprint density at radius 2 is 2.05 bits per heavy atom. The number of hydrogen-bond acceptors (Lipinski definition) is 5. The Balaban J connectivity index is 2.51. The van der Waals surface area contributed by atoms with Crippen LogP contribution in [-0.2, 0) is 13.2 Å². The number of hydrogen-bond donors (Lipinski definition) is 2. The predicted molar refractivity (Wildman–Crippen MR) is 71.5 cm³/mol. The van der Waals surface area contributed by atoms with Crippen LogP contribution in [0.4, 0.5) is 19.1 Å². The van der Waals surface area contributed by atoms with Gasteiger partial charge in [0, 0.05) is 31.9 Å². The van der Waals surface area contributed by atoms with Gasteiger partial charge < -0.3 is 11.1 Å². The predicted octanol–water partition coefficient (Wildman–Crippen LogP) is 1.57. The maximum absolute atomic E-state index is 12.9. The summed E-state index contributed by atoms with van der Waals surface area (Å²) in [6.45, 7) is 2.26. The molecule has 2 rings (SSSR count). The lowest BCUT2D eigenvalue weighted by Crippen LogP contribution is -2.17. The van der Waals surface area contributed by atoms with Gasteiger partial charge in [0.2, 0.25) is 5.95 Å². The first-order valence-electron chi connectivity index (χ1n) is 6.22. The van der Waals surface area contributed by atoms with Crippen LogP contribution in [0.2, 0.25) is 0 Å². The second kappa shape index (κ2) is 5.68. The van der Waals surface area contributed by atoms with Crippen LogP contribution < -0.4 is 11.1 Å². The van der Waals surface area contributed by atoms with Crippen LogP contribution in [0.1, 0.15) is 11.4 Å². The van der Waals surface area contributed by atoms with Crippen molar-refractivity contribution in [1.82, 2.24) is 19.7 Å². The van der Waals surface area contributed by atoms with Crippen molar-refractivity contribution in [3.05, 3.63) is 23.7 Å². The van der Waals surface area contributed by atoms with Gasteiger partial charge in [0.05, 0.1) is 11.4 Å². The summed E-state index contributed by atoms with van der Waals surface area (Å²) in [5.74, 6) is -0.103. The number of nitrogens with zero attached hydrogens (tertiary/aromatic N) is 4. The summed E-state index contributed by atoms with van der Waals surface area (Å²) >= 11 is 0. The summed E-state index contributed by atoms with van der Waals surface area (Å²) < 4.78 is 40.3. The lowest BCUT2D eigenvalue weighted by Gasteiger charge is -2.11. The molecular formula is C12H15F3N6. The van der Waals surface area contributed by atoms with Crippen molar-refractivity contribution in [1.29, 1.82) is 0 Å². The summed E-state index contributed by atoms with van der Waals surface area (Å²) in [4.78, 5) is 7.57. The van der Waals surface area contributed by atoms with Crippen LogP contribution in [0.5, 0.6) is 0 Å². The van der Waals surface area contributed by atoms with Gasteiger partial charge in [-0.25, -0.2) is 9.97 Å². The summed E-state index contributed by atoms with van der Waals surface area (Å²) in [6, 6.07) is 0.914. The zero-order valence-electron chi connectivity index (χ0n) is 11.6. The Labute approximate surface area is 119 Å². The van der Waals surface area contributed by atoms with Crippen molar-refractivity contribution >= 4 is 5.95 Å². The van der Waals surface area contributed by atoms with Crippen LogP contribution in [0.25, 0.3) is 11.3 Å². The van der Waals surface area contributed by atoms with Gasteiger partial charge in [0.25, 0.3) is 0 Å². The van der Waals surface area contributed by atoms with Gasteiger partial charge in [-0.05, 0) is 13.0 Å². The molecule has 9 heteroatoms. The minimum Gasteiger partial charge on any atom is -0.353 e. The Bertz CT molecular complexity index is 634. The third-order valence-corrected chi connectivity index (χ3v) is 2.73. The Morgan fingerprint density at radius 1 is 1.33 bits per heavy atom. The molecule has 0 saturated heterocycles. The molecule has 0 aliphatic heterocycles. The van der Waals surface area contributed by atoms with Gasteiger partial charge in [-0.2, -0.15) is 18.3 Å². The SMILES string of the molecule is Cc1nn(C)cc1-c1cc(C(F)(F)F)nc(NCCN)n1. The molecule has 0 aliphatic carbocycles. The first-order valence-corrected chi connectivity index (χ1v) is 6.22. The molecule has 21 heavy (non-hydrogen) atoms. The molecule has 2 aromatic heterocycles. The fraction of sp³-hybridized carbons (Fsp3) is 0.417. The Hall–Kier alpha value is -2.16. The minimum absolute atomic E-state index is 0.103. The van der Waals surface area contributed by atoms with Gasteiger partial charge in [0.15, 0.2) is 5.69 Å². The summed E-state index contributed by atoms with van der Waals surface area (Å²) in [5.41, 5.74) is 5.61. The minimum atomic E-state index is -4.55. The van der Waals surface area contributed by atoms with Crippen LogP contribution in [0.15, 0.2) is 12.3 Å². The van der Waals surface area contributed by atoms with Crippen molar-refractivity contribution in [3.8, 4) is 11.3 Å². The highest BCUT2D eigenvalue weighted by Crippen LogP contribution is 2.31. The second-order valence-electron chi connectivity index (χ2n) is 4.48. The molecular weight excluding hydrogens is 285 g/mol. The number of halogens is 3. The molecule has 3 N–H and O–H groups in total. The quantitative estimate of drug-likeness (QED) is 0.896. The third kappa shape index (κ3) is 3.48.